The third kappa shape index (κ3) is 12.0. The molecule has 59 heavy (non-hydrogen) atoms. The van der Waals surface area contributed by atoms with Crippen molar-refractivity contribution in [3.63, 3.8) is 0 Å². The predicted octanol–water partition coefficient (Wildman–Crippen LogP) is 12.5. The van der Waals surface area contributed by atoms with Crippen LogP contribution in [0.2, 0.25) is 30.1 Å². The fourth-order valence-electron chi connectivity index (χ4n) is 5.39. The number of pyridine rings is 4. The van der Waals surface area contributed by atoms with Crippen LogP contribution in [0.4, 0.5) is 17.3 Å². The summed E-state index contributed by atoms with van der Waals surface area (Å²) in [6.45, 7) is 1.87. The number of nitrogens with zero attached hydrogens (tertiary/aromatic N) is 4. The number of aromatic nitrogens is 4. The number of halogens is 6. The minimum absolute atomic E-state index is 0.0316. The molecule has 0 fully saturated rings. The van der Waals surface area contributed by atoms with Gasteiger partial charge in [-0.1, -0.05) is 106 Å². The SMILES string of the molecule is Cc1cc(Cl)cnc1N.Nc1cc(Cl)cnc1NC(c1cc(Cl)ccc1Cl)c1ccc2cccnc2c1O.O=Cc1cc(Cl)ccc1Cl.Oc1cccc2cccnc12. The van der Waals surface area contributed by atoms with E-state index in [2.05, 4.69) is 25.3 Å². The second kappa shape index (κ2) is 20.9. The number of aromatic hydroxyl groups is 2. The van der Waals surface area contributed by atoms with E-state index in [1.54, 1.807) is 73.1 Å². The van der Waals surface area contributed by atoms with E-state index >= 15 is 0 Å². The van der Waals surface area contributed by atoms with E-state index in [0.29, 0.717) is 81.5 Å². The number of aldehydes is 1. The number of phenolic OH excluding ortho intramolecular Hbond substituents is 2. The van der Waals surface area contributed by atoms with E-state index in [1.165, 1.54) is 18.5 Å². The molecule has 4 aromatic heterocycles. The molecule has 0 radical (unpaired) electrons. The fourth-order valence-corrected chi connectivity index (χ4v) is 6.52. The number of nitrogen functional groups attached to an aromatic ring is 2. The second-order valence-electron chi connectivity index (χ2n) is 12.4. The van der Waals surface area contributed by atoms with E-state index in [1.807, 2.05) is 43.3 Å². The van der Waals surface area contributed by atoms with Crippen LogP contribution in [-0.2, 0) is 0 Å². The Morgan fingerprint density at radius 3 is 1.86 bits per heavy atom. The van der Waals surface area contributed by atoms with Gasteiger partial charge in [0.2, 0.25) is 0 Å². The van der Waals surface area contributed by atoms with E-state index in [0.717, 1.165) is 16.3 Å². The van der Waals surface area contributed by atoms with Gasteiger partial charge in [0.1, 0.15) is 34.2 Å². The number of carbonyl (C=O) groups excluding carboxylic acids is 1. The van der Waals surface area contributed by atoms with Crippen molar-refractivity contribution in [2.45, 2.75) is 13.0 Å². The molecule has 0 aliphatic heterocycles. The Bertz CT molecular complexity index is 2740. The molecular weight excluding hydrogens is 875 g/mol. The summed E-state index contributed by atoms with van der Waals surface area (Å²) < 4.78 is 0. The summed E-state index contributed by atoms with van der Waals surface area (Å²) in [5, 5.41) is 28.3. The van der Waals surface area contributed by atoms with Crippen LogP contribution < -0.4 is 16.8 Å². The predicted molar refractivity (Wildman–Crippen MR) is 243 cm³/mol. The highest BCUT2D eigenvalue weighted by Gasteiger charge is 2.24. The molecule has 16 heteroatoms. The number of aryl methyl sites for hydroxylation is 1. The molecule has 0 saturated carbocycles. The summed E-state index contributed by atoms with van der Waals surface area (Å²) in [6.07, 6.45) is 6.98. The van der Waals surface area contributed by atoms with Gasteiger partial charge in [0.25, 0.3) is 0 Å². The van der Waals surface area contributed by atoms with Crippen LogP contribution in [0.3, 0.4) is 0 Å². The Balaban J connectivity index is 0.000000179. The maximum absolute atomic E-state index is 11.0. The molecular formula is C43H33Cl6N7O3. The molecule has 10 nitrogen and oxygen atoms in total. The van der Waals surface area contributed by atoms with Gasteiger partial charge in [-0.25, -0.2) is 9.97 Å². The Morgan fingerprint density at radius 2 is 1.24 bits per heavy atom. The zero-order valence-electron chi connectivity index (χ0n) is 30.8. The third-order valence-electron chi connectivity index (χ3n) is 8.31. The standard InChI is InChI=1S/C21H15Cl3N4O.C9H7NO.C7H4Cl2O.C6H7ClN2/c22-12-4-6-16(24)15(8-12)19(28-21-17(25)9-13(23)10-27-21)14-5-3-11-2-1-7-26-18(11)20(14)29;11-8-5-1-3-7-4-2-6-10-9(7)8;8-6-1-2-7(9)5(3-6)4-10;1-4-2-5(7)3-9-6(4)8/h1-10,19,29H,25H2,(H,27,28);1-6,11H;1-4H;2-3H,1H3,(H2,8,9). The van der Waals surface area contributed by atoms with Gasteiger partial charge in [0.15, 0.2) is 6.29 Å². The lowest BCUT2D eigenvalue weighted by molar-refractivity contribution is 0.112. The Hall–Kier alpha value is -5.59. The van der Waals surface area contributed by atoms with Crippen molar-refractivity contribution in [3.8, 4) is 11.5 Å². The number of benzene rings is 4. The van der Waals surface area contributed by atoms with Crippen molar-refractivity contribution < 1.29 is 15.0 Å². The number of hydrogen-bond donors (Lipinski definition) is 5. The van der Waals surface area contributed by atoms with Gasteiger partial charge in [-0.05, 0) is 84.8 Å². The summed E-state index contributed by atoms with van der Waals surface area (Å²) in [6, 6.07) is 29.1. The Labute approximate surface area is 369 Å². The highest BCUT2D eigenvalue weighted by Crippen LogP contribution is 2.40. The van der Waals surface area contributed by atoms with E-state index in [4.69, 9.17) is 81.1 Å². The lowest BCUT2D eigenvalue weighted by Crippen LogP contribution is -2.15. The first-order chi connectivity index (χ1) is 28.2. The van der Waals surface area contributed by atoms with Crippen molar-refractivity contribution in [3.05, 3.63) is 180 Å². The average Bonchev–Trinajstić information content (AvgIpc) is 3.22. The van der Waals surface area contributed by atoms with Crippen molar-refractivity contribution in [1.29, 1.82) is 0 Å². The first-order valence-corrected chi connectivity index (χ1v) is 19.5. The molecule has 7 N–H and O–H groups in total. The van der Waals surface area contributed by atoms with E-state index in [-0.39, 0.29) is 11.5 Å². The zero-order valence-corrected chi connectivity index (χ0v) is 35.3. The first-order valence-electron chi connectivity index (χ1n) is 17.2. The summed E-state index contributed by atoms with van der Waals surface area (Å²) in [5.41, 5.74) is 15.5. The molecule has 0 amide bonds. The lowest BCUT2D eigenvalue weighted by atomic mass is 9.96. The number of fused-ring (bicyclic) bond motifs is 2. The molecule has 0 bridgehead atoms. The Kier molecular flexibility index (Phi) is 15.8. The van der Waals surface area contributed by atoms with Crippen LogP contribution in [0.15, 0.2) is 128 Å². The minimum atomic E-state index is -0.594. The van der Waals surface area contributed by atoms with Crippen LogP contribution >= 0.6 is 69.6 Å². The van der Waals surface area contributed by atoms with Gasteiger partial charge in [-0.2, -0.15) is 0 Å². The highest BCUT2D eigenvalue weighted by atomic mass is 35.5. The third-order valence-corrected chi connectivity index (χ3v) is 9.88. The molecule has 1 atom stereocenters. The minimum Gasteiger partial charge on any atom is -0.506 e. The summed E-state index contributed by atoms with van der Waals surface area (Å²) in [5.74, 6) is 1.21. The molecule has 1 unspecified atom stereocenters. The van der Waals surface area contributed by atoms with Crippen LogP contribution in [0.1, 0.15) is 33.1 Å². The highest BCUT2D eigenvalue weighted by molar-refractivity contribution is 6.35. The number of nitrogens with two attached hydrogens (primary N) is 2. The number of rotatable bonds is 5. The van der Waals surface area contributed by atoms with Gasteiger partial charge in [0.05, 0.1) is 26.8 Å². The molecule has 4 aromatic carbocycles. The molecule has 0 aliphatic rings. The maximum atomic E-state index is 11.0. The fraction of sp³-hybridized carbons (Fsp3) is 0.0465. The van der Waals surface area contributed by atoms with Crippen molar-refractivity contribution in [2.24, 2.45) is 0 Å². The molecule has 4 heterocycles. The zero-order chi connectivity index (χ0) is 42.6. The number of anilines is 3. The molecule has 0 saturated heterocycles. The summed E-state index contributed by atoms with van der Waals surface area (Å²) >= 11 is 35.4. The molecule has 0 aliphatic carbocycles. The Morgan fingerprint density at radius 1 is 0.627 bits per heavy atom. The lowest BCUT2D eigenvalue weighted by Gasteiger charge is -2.23. The number of hydrogen-bond acceptors (Lipinski definition) is 10. The van der Waals surface area contributed by atoms with Crippen LogP contribution in [0.5, 0.6) is 11.5 Å². The number of carbonyl (C=O) groups is 1. The number of para-hydroxylation sites is 1. The molecule has 8 rings (SSSR count). The van der Waals surface area contributed by atoms with Crippen LogP contribution in [0.25, 0.3) is 21.8 Å². The monoisotopic (exact) mass is 905 g/mol. The molecule has 300 valence electrons. The van der Waals surface area contributed by atoms with Crippen molar-refractivity contribution in [1.82, 2.24) is 19.9 Å². The van der Waals surface area contributed by atoms with Crippen molar-refractivity contribution >= 4 is 115 Å². The largest absolute Gasteiger partial charge is 0.506 e. The maximum Gasteiger partial charge on any atom is 0.151 e. The summed E-state index contributed by atoms with van der Waals surface area (Å²) in [4.78, 5) is 26.7. The van der Waals surface area contributed by atoms with Gasteiger partial charge < -0.3 is 27.0 Å². The second-order valence-corrected chi connectivity index (χ2v) is 15.0. The smallest absolute Gasteiger partial charge is 0.151 e. The quantitative estimate of drug-likeness (QED) is 0.105. The van der Waals surface area contributed by atoms with Gasteiger partial charge >= 0.3 is 0 Å². The molecule has 8 aromatic rings. The normalized spacial score (nSPS) is 10.9. The van der Waals surface area contributed by atoms with Crippen LogP contribution in [0, 0.1) is 6.92 Å². The number of nitrogens with one attached hydrogen (secondary N) is 1. The van der Waals surface area contributed by atoms with Gasteiger partial charge in [-0.3, -0.25) is 14.8 Å². The first kappa shape index (κ1) is 44.5. The van der Waals surface area contributed by atoms with Crippen LogP contribution in [-0.4, -0.2) is 36.4 Å². The average molecular weight is 909 g/mol. The van der Waals surface area contributed by atoms with Gasteiger partial charge in [0, 0.05) is 61.8 Å². The molecule has 0 spiro atoms. The van der Waals surface area contributed by atoms with E-state index < -0.39 is 6.04 Å². The van der Waals surface area contributed by atoms with E-state index in [9.17, 15) is 15.0 Å². The number of phenols is 2. The topological polar surface area (TPSA) is 173 Å². The summed E-state index contributed by atoms with van der Waals surface area (Å²) in [7, 11) is 0. The van der Waals surface area contributed by atoms with Crippen molar-refractivity contribution in [2.75, 3.05) is 16.8 Å². The van der Waals surface area contributed by atoms with Gasteiger partial charge in [-0.15, -0.1) is 0 Å².